The molecule has 0 N–H and O–H groups in total. The number of aryl methyl sites for hydroxylation is 1. The molecule has 0 aliphatic heterocycles. The van der Waals surface area contributed by atoms with Gasteiger partial charge in [0.05, 0.1) is 0 Å². The quantitative estimate of drug-likeness (QED) is 0.315. The number of esters is 1. The van der Waals surface area contributed by atoms with Gasteiger partial charge in [0.2, 0.25) is 0 Å². The molecule has 1 heterocycles. The highest BCUT2D eigenvalue weighted by molar-refractivity contribution is 5.83. The Morgan fingerprint density at radius 2 is 1.83 bits per heavy atom. The van der Waals surface area contributed by atoms with Gasteiger partial charge in [0.1, 0.15) is 5.75 Å². The molecule has 0 saturated heterocycles. The Morgan fingerprint density at radius 3 is 2.43 bits per heavy atom. The van der Waals surface area contributed by atoms with Crippen molar-refractivity contribution >= 4 is 5.97 Å². The first kappa shape index (κ1) is 16.9. The molecule has 0 amide bonds. The minimum Gasteiger partial charge on any atom is -0.423 e. The third kappa shape index (κ3) is 5.33. The number of benzene rings is 1. The number of nitrogens with zero attached hydrogens (tertiary/aromatic N) is 2. The van der Waals surface area contributed by atoms with Crippen molar-refractivity contribution in [1.29, 1.82) is 0 Å². The Hall–Kier alpha value is -2.49. The fourth-order valence-electron chi connectivity index (χ4n) is 2.22. The highest BCUT2D eigenvalue weighted by atomic mass is 16.5. The largest absolute Gasteiger partial charge is 0.423 e. The van der Waals surface area contributed by atoms with E-state index in [9.17, 15) is 4.79 Å². The lowest BCUT2D eigenvalue weighted by atomic mass is 10.1. The van der Waals surface area contributed by atoms with Crippen LogP contribution >= 0.6 is 0 Å². The monoisotopic (exact) mass is 310 g/mol. The summed E-state index contributed by atoms with van der Waals surface area (Å²) in [5.74, 6) is 0.677. The SMILES string of the molecule is C=CC(=O)Oc1ccc(-c2ncc(CCCCCC)cn2)cc1. The van der Waals surface area contributed by atoms with Crippen molar-refractivity contribution in [3.05, 3.63) is 54.9 Å². The Labute approximate surface area is 137 Å². The van der Waals surface area contributed by atoms with Gasteiger partial charge in [-0.1, -0.05) is 32.8 Å². The van der Waals surface area contributed by atoms with E-state index in [1.54, 1.807) is 12.1 Å². The zero-order valence-electron chi connectivity index (χ0n) is 13.5. The van der Waals surface area contributed by atoms with Gasteiger partial charge in [0, 0.05) is 24.0 Å². The van der Waals surface area contributed by atoms with Crippen molar-refractivity contribution in [3.63, 3.8) is 0 Å². The van der Waals surface area contributed by atoms with Crippen LogP contribution in [-0.4, -0.2) is 15.9 Å². The number of carbonyl (C=O) groups is 1. The second-order valence-corrected chi connectivity index (χ2v) is 5.38. The number of aromatic nitrogens is 2. The molecule has 0 unspecified atom stereocenters. The molecule has 1 aromatic carbocycles. The second-order valence-electron chi connectivity index (χ2n) is 5.38. The van der Waals surface area contributed by atoms with E-state index in [-0.39, 0.29) is 0 Å². The summed E-state index contributed by atoms with van der Waals surface area (Å²) in [7, 11) is 0. The highest BCUT2D eigenvalue weighted by Crippen LogP contribution is 2.19. The zero-order valence-corrected chi connectivity index (χ0v) is 13.5. The van der Waals surface area contributed by atoms with Crippen LogP contribution in [0.1, 0.15) is 38.2 Å². The van der Waals surface area contributed by atoms with Crippen molar-refractivity contribution in [2.24, 2.45) is 0 Å². The van der Waals surface area contributed by atoms with Gasteiger partial charge < -0.3 is 4.74 Å². The van der Waals surface area contributed by atoms with Gasteiger partial charge in [-0.25, -0.2) is 14.8 Å². The van der Waals surface area contributed by atoms with E-state index >= 15 is 0 Å². The predicted molar refractivity (Wildman–Crippen MR) is 91.1 cm³/mol. The molecule has 0 radical (unpaired) electrons. The first-order chi connectivity index (χ1) is 11.2. The normalized spacial score (nSPS) is 10.3. The Kier molecular flexibility index (Phi) is 6.48. The molecule has 1 aromatic heterocycles. The highest BCUT2D eigenvalue weighted by Gasteiger charge is 2.04. The van der Waals surface area contributed by atoms with Crippen molar-refractivity contribution < 1.29 is 9.53 Å². The lowest BCUT2D eigenvalue weighted by molar-refractivity contribution is -0.128. The Bertz CT molecular complexity index is 633. The summed E-state index contributed by atoms with van der Waals surface area (Å²) in [4.78, 5) is 20.0. The smallest absolute Gasteiger partial charge is 0.335 e. The molecule has 2 aromatic rings. The molecule has 0 aliphatic rings. The van der Waals surface area contributed by atoms with Crippen LogP contribution < -0.4 is 4.74 Å². The number of ether oxygens (including phenoxy) is 1. The number of unbranched alkanes of at least 4 members (excludes halogenated alkanes) is 3. The molecule has 120 valence electrons. The summed E-state index contributed by atoms with van der Waals surface area (Å²) in [6.07, 6.45) is 10.9. The average Bonchev–Trinajstić information content (AvgIpc) is 2.60. The van der Waals surface area contributed by atoms with Gasteiger partial charge in [-0.15, -0.1) is 0 Å². The molecule has 0 fully saturated rings. The second kappa shape index (κ2) is 8.83. The van der Waals surface area contributed by atoms with E-state index in [0.717, 1.165) is 18.1 Å². The number of carbonyl (C=O) groups excluding carboxylic acids is 1. The average molecular weight is 310 g/mol. The van der Waals surface area contributed by atoms with Crippen LogP contribution in [0.3, 0.4) is 0 Å². The summed E-state index contributed by atoms with van der Waals surface area (Å²) in [6, 6.07) is 7.11. The summed E-state index contributed by atoms with van der Waals surface area (Å²) in [6.45, 7) is 5.58. The van der Waals surface area contributed by atoms with Gasteiger partial charge >= 0.3 is 5.97 Å². The van der Waals surface area contributed by atoms with Crippen LogP contribution in [0.5, 0.6) is 5.75 Å². The van der Waals surface area contributed by atoms with E-state index in [1.807, 2.05) is 24.5 Å². The fraction of sp³-hybridized carbons (Fsp3) is 0.316. The van der Waals surface area contributed by atoms with Crippen LogP contribution in [0.15, 0.2) is 49.3 Å². The van der Waals surface area contributed by atoms with Crippen molar-refractivity contribution in [2.45, 2.75) is 39.0 Å². The van der Waals surface area contributed by atoms with Crippen molar-refractivity contribution in [2.75, 3.05) is 0 Å². The summed E-state index contributed by atoms with van der Waals surface area (Å²) in [5.41, 5.74) is 2.06. The maximum atomic E-state index is 11.1. The summed E-state index contributed by atoms with van der Waals surface area (Å²) in [5, 5.41) is 0. The van der Waals surface area contributed by atoms with Crippen LogP contribution in [0.25, 0.3) is 11.4 Å². The number of hydrogen-bond donors (Lipinski definition) is 0. The first-order valence-corrected chi connectivity index (χ1v) is 7.98. The minimum atomic E-state index is -0.471. The Balaban J connectivity index is 1.96. The van der Waals surface area contributed by atoms with Crippen molar-refractivity contribution in [3.8, 4) is 17.1 Å². The first-order valence-electron chi connectivity index (χ1n) is 7.98. The molecule has 0 saturated carbocycles. The lowest BCUT2D eigenvalue weighted by Crippen LogP contribution is -2.02. The van der Waals surface area contributed by atoms with Crippen LogP contribution in [-0.2, 0) is 11.2 Å². The molecule has 0 spiro atoms. The molecular formula is C19H22N2O2. The molecule has 0 aliphatic carbocycles. The Morgan fingerprint density at radius 1 is 1.13 bits per heavy atom. The van der Waals surface area contributed by atoms with Gasteiger partial charge in [0.25, 0.3) is 0 Å². The van der Waals surface area contributed by atoms with Crippen LogP contribution in [0.2, 0.25) is 0 Å². The zero-order chi connectivity index (χ0) is 16.5. The molecule has 4 heteroatoms. The molecule has 2 rings (SSSR count). The van der Waals surface area contributed by atoms with E-state index in [0.29, 0.717) is 11.6 Å². The standard InChI is InChI=1S/C19H22N2O2/c1-3-5-6-7-8-15-13-20-19(21-14-15)16-9-11-17(12-10-16)23-18(22)4-2/h4,9-14H,2-3,5-8H2,1H3. The molecule has 0 atom stereocenters. The van der Waals surface area contributed by atoms with E-state index in [4.69, 9.17) is 4.74 Å². The molecule has 0 bridgehead atoms. The predicted octanol–water partition coefficient (Wildman–Crippen LogP) is 4.36. The van der Waals surface area contributed by atoms with Crippen molar-refractivity contribution in [1.82, 2.24) is 9.97 Å². The summed E-state index contributed by atoms with van der Waals surface area (Å²) >= 11 is 0. The third-order valence-electron chi connectivity index (χ3n) is 3.52. The number of rotatable bonds is 8. The van der Waals surface area contributed by atoms with E-state index < -0.39 is 5.97 Å². The topological polar surface area (TPSA) is 52.1 Å². The van der Waals surface area contributed by atoms with Crippen LogP contribution in [0, 0.1) is 0 Å². The maximum absolute atomic E-state index is 11.1. The fourth-order valence-corrected chi connectivity index (χ4v) is 2.22. The molecule has 23 heavy (non-hydrogen) atoms. The molecular weight excluding hydrogens is 288 g/mol. The van der Waals surface area contributed by atoms with E-state index in [2.05, 4.69) is 23.5 Å². The third-order valence-corrected chi connectivity index (χ3v) is 3.52. The van der Waals surface area contributed by atoms with Crippen LogP contribution in [0.4, 0.5) is 0 Å². The lowest BCUT2D eigenvalue weighted by Gasteiger charge is -2.05. The molecule has 4 nitrogen and oxygen atoms in total. The van der Waals surface area contributed by atoms with Gasteiger partial charge in [-0.3, -0.25) is 0 Å². The van der Waals surface area contributed by atoms with E-state index in [1.165, 1.54) is 31.2 Å². The summed E-state index contributed by atoms with van der Waals surface area (Å²) < 4.78 is 5.04. The maximum Gasteiger partial charge on any atom is 0.335 e. The minimum absolute atomic E-state index is 0.471. The van der Waals surface area contributed by atoms with Gasteiger partial charge in [-0.2, -0.15) is 0 Å². The number of hydrogen-bond acceptors (Lipinski definition) is 4. The van der Waals surface area contributed by atoms with Gasteiger partial charge in [-0.05, 0) is 42.7 Å². The van der Waals surface area contributed by atoms with Gasteiger partial charge in [0.15, 0.2) is 5.82 Å².